The Balaban J connectivity index is 1.37. The average molecular weight is 288 g/mol. The fourth-order valence-electron chi connectivity index (χ4n) is 3.14. The summed E-state index contributed by atoms with van der Waals surface area (Å²) in [7, 11) is 2.11. The van der Waals surface area contributed by atoms with Crippen LogP contribution >= 0.6 is 0 Å². The highest BCUT2D eigenvalue weighted by Crippen LogP contribution is 2.33. The molecular formula is C14H20N6O. The van der Waals surface area contributed by atoms with E-state index in [0.717, 1.165) is 50.4 Å². The van der Waals surface area contributed by atoms with E-state index in [0.29, 0.717) is 6.04 Å². The summed E-state index contributed by atoms with van der Waals surface area (Å²) in [5.41, 5.74) is 0.328. The van der Waals surface area contributed by atoms with E-state index in [1.807, 2.05) is 12.1 Å². The monoisotopic (exact) mass is 288 g/mol. The van der Waals surface area contributed by atoms with Gasteiger partial charge in [0.1, 0.15) is 12.1 Å². The summed E-state index contributed by atoms with van der Waals surface area (Å²) in [6, 6.07) is 4.41. The first-order valence-corrected chi connectivity index (χ1v) is 7.48. The Morgan fingerprint density at radius 1 is 1.38 bits per heavy atom. The van der Waals surface area contributed by atoms with Gasteiger partial charge in [0.05, 0.1) is 5.60 Å². The molecule has 3 heterocycles. The van der Waals surface area contributed by atoms with E-state index < -0.39 is 5.60 Å². The zero-order valence-electron chi connectivity index (χ0n) is 12.2. The van der Waals surface area contributed by atoms with Crippen LogP contribution in [0, 0.1) is 0 Å². The molecular weight excluding hydrogens is 268 g/mol. The van der Waals surface area contributed by atoms with Crippen molar-refractivity contribution < 1.29 is 5.11 Å². The molecule has 21 heavy (non-hydrogen) atoms. The van der Waals surface area contributed by atoms with Gasteiger partial charge >= 0.3 is 0 Å². The van der Waals surface area contributed by atoms with Crippen LogP contribution in [0.1, 0.15) is 19.3 Å². The van der Waals surface area contributed by atoms with Crippen LogP contribution in [0.5, 0.6) is 0 Å². The van der Waals surface area contributed by atoms with Gasteiger partial charge < -0.3 is 10.0 Å². The van der Waals surface area contributed by atoms with Crippen LogP contribution in [-0.4, -0.2) is 68.1 Å². The summed E-state index contributed by atoms with van der Waals surface area (Å²) in [6.45, 7) is 2.68. The predicted molar refractivity (Wildman–Crippen MR) is 78.2 cm³/mol. The van der Waals surface area contributed by atoms with Crippen molar-refractivity contribution in [3.8, 4) is 0 Å². The van der Waals surface area contributed by atoms with Crippen LogP contribution in [0.2, 0.25) is 0 Å². The number of aliphatic hydroxyl groups is 1. The summed E-state index contributed by atoms with van der Waals surface area (Å²) < 4.78 is 1.70. The van der Waals surface area contributed by atoms with Crippen molar-refractivity contribution in [3.05, 3.63) is 18.5 Å². The van der Waals surface area contributed by atoms with Crippen LogP contribution in [-0.2, 0) is 0 Å². The Hall–Kier alpha value is -1.73. The molecule has 0 bridgehead atoms. The van der Waals surface area contributed by atoms with E-state index in [2.05, 4.69) is 32.1 Å². The molecule has 1 aliphatic carbocycles. The minimum absolute atomic E-state index is 0.436. The average Bonchev–Trinajstić information content (AvgIpc) is 2.82. The molecule has 2 aliphatic rings. The summed E-state index contributed by atoms with van der Waals surface area (Å²) in [5.74, 6) is 0.953. The van der Waals surface area contributed by atoms with Gasteiger partial charge in [-0.05, 0) is 38.4 Å². The smallest absolute Gasteiger partial charge is 0.177 e. The Kier molecular flexibility index (Phi) is 2.87. The molecule has 0 unspecified atom stereocenters. The number of rotatable bonds is 4. The third-order valence-corrected chi connectivity index (χ3v) is 4.79. The van der Waals surface area contributed by atoms with E-state index in [4.69, 9.17) is 0 Å². The second kappa shape index (κ2) is 4.64. The molecule has 0 radical (unpaired) electrons. The molecule has 7 heteroatoms. The van der Waals surface area contributed by atoms with Gasteiger partial charge in [-0.25, -0.2) is 0 Å². The van der Waals surface area contributed by atoms with Crippen LogP contribution < -0.4 is 4.90 Å². The minimum Gasteiger partial charge on any atom is -0.389 e. The molecule has 0 amide bonds. The predicted octanol–water partition coefficient (Wildman–Crippen LogP) is 0.160. The number of anilines is 1. The lowest BCUT2D eigenvalue weighted by Crippen LogP contribution is -2.62. The SMILES string of the molecule is CN(CC1(O)CCC1)C1CN(c2ccc3nncn3n2)C1. The molecule has 1 saturated carbocycles. The minimum atomic E-state index is -0.436. The van der Waals surface area contributed by atoms with Gasteiger partial charge in [0.2, 0.25) is 0 Å². The molecule has 0 spiro atoms. The number of fused-ring (bicyclic) bond motifs is 1. The molecule has 112 valence electrons. The number of nitrogens with zero attached hydrogens (tertiary/aromatic N) is 6. The summed E-state index contributed by atoms with van der Waals surface area (Å²) in [4.78, 5) is 4.53. The highest BCUT2D eigenvalue weighted by atomic mass is 16.3. The van der Waals surface area contributed by atoms with Crippen molar-refractivity contribution in [2.24, 2.45) is 0 Å². The van der Waals surface area contributed by atoms with Crippen LogP contribution in [0.15, 0.2) is 18.5 Å². The first kappa shape index (κ1) is 13.0. The van der Waals surface area contributed by atoms with Crippen molar-refractivity contribution in [3.63, 3.8) is 0 Å². The molecule has 2 fully saturated rings. The van der Waals surface area contributed by atoms with E-state index in [-0.39, 0.29) is 0 Å². The maximum Gasteiger partial charge on any atom is 0.177 e. The summed E-state index contributed by atoms with van der Waals surface area (Å²) in [5, 5.41) is 22.5. The number of likely N-dealkylation sites (N-methyl/N-ethyl adjacent to an activating group) is 1. The lowest BCUT2D eigenvalue weighted by atomic mass is 9.79. The van der Waals surface area contributed by atoms with Crippen LogP contribution in [0.25, 0.3) is 5.65 Å². The second-order valence-electron chi connectivity index (χ2n) is 6.38. The van der Waals surface area contributed by atoms with Gasteiger partial charge in [0.25, 0.3) is 0 Å². The van der Waals surface area contributed by atoms with Crippen molar-refractivity contribution >= 4 is 11.5 Å². The maximum atomic E-state index is 10.2. The Bertz CT molecular complexity index is 646. The normalized spacial score (nSPS) is 21.6. The van der Waals surface area contributed by atoms with Gasteiger partial charge in [-0.2, -0.15) is 4.52 Å². The Labute approximate surface area is 123 Å². The van der Waals surface area contributed by atoms with E-state index in [9.17, 15) is 5.11 Å². The fraction of sp³-hybridized carbons (Fsp3) is 0.643. The van der Waals surface area contributed by atoms with Gasteiger partial charge in [0.15, 0.2) is 5.65 Å². The molecule has 4 rings (SSSR count). The third-order valence-electron chi connectivity index (χ3n) is 4.79. The molecule has 0 atom stereocenters. The first-order chi connectivity index (χ1) is 10.1. The summed E-state index contributed by atoms with van der Waals surface area (Å²) >= 11 is 0. The second-order valence-corrected chi connectivity index (χ2v) is 6.38. The topological polar surface area (TPSA) is 69.8 Å². The lowest BCUT2D eigenvalue weighted by molar-refractivity contribution is -0.0629. The highest BCUT2D eigenvalue weighted by Gasteiger charge is 2.39. The maximum absolute atomic E-state index is 10.2. The zero-order chi connectivity index (χ0) is 14.4. The van der Waals surface area contributed by atoms with Crippen LogP contribution in [0.4, 0.5) is 5.82 Å². The first-order valence-electron chi connectivity index (χ1n) is 7.48. The van der Waals surface area contributed by atoms with Gasteiger partial charge in [-0.1, -0.05) is 0 Å². The number of hydrogen-bond acceptors (Lipinski definition) is 6. The van der Waals surface area contributed by atoms with Crippen molar-refractivity contribution in [2.75, 3.05) is 31.6 Å². The third kappa shape index (κ3) is 2.26. The quantitative estimate of drug-likeness (QED) is 0.864. The number of hydrogen-bond donors (Lipinski definition) is 1. The van der Waals surface area contributed by atoms with Crippen molar-refractivity contribution in [1.29, 1.82) is 0 Å². The van der Waals surface area contributed by atoms with Crippen molar-refractivity contribution in [1.82, 2.24) is 24.7 Å². The standard InChI is InChI=1S/C14H20N6O/c1-18(9-14(21)5-2-6-14)11-7-19(8-11)13-4-3-12-16-15-10-20(12)17-13/h3-4,10-11,21H,2,5-9H2,1H3. The molecule has 2 aromatic heterocycles. The molecule has 2 aromatic rings. The molecule has 1 saturated heterocycles. The number of aromatic nitrogens is 4. The van der Waals surface area contributed by atoms with E-state index in [1.165, 1.54) is 0 Å². The Morgan fingerprint density at radius 2 is 2.19 bits per heavy atom. The van der Waals surface area contributed by atoms with Crippen molar-refractivity contribution in [2.45, 2.75) is 30.9 Å². The van der Waals surface area contributed by atoms with Gasteiger partial charge in [0, 0.05) is 25.7 Å². The van der Waals surface area contributed by atoms with Crippen LogP contribution in [0.3, 0.4) is 0 Å². The zero-order valence-corrected chi connectivity index (χ0v) is 12.2. The molecule has 1 aliphatic heterocycles. The molecule has 1 N–H and O–H groups in total. The van der Waals surface area contributed by atoms with Gasteiger partial charge in [-0.15, -0.1) is 15.3 Å². The Morgan fingerprint density at radius 3 is 2.90 bits per heavy atom. The van der Waals surface area contributed by atoms with Gasteiger partial charge in [-0.3, -0.25) is 4.90 Å². The lowest BCUT2D eigenvalue weighted by Gasteiger charge is -2.48. The van der Waals surface area contributed by atoms with E-state index in [1.54, 1.807) is 10.8 Å². The van der Waals surface area contributed by atoms with E-state index >= 15 is 0 Å². The fourth-order valence-corrected chi connectivity index (χ4v) is 3.14. The summed E-state index contributed by atoms with van der Waals surface area (Å²) in [6.07, 6.45) is 4.66. The highest BCUT2D eigenvalue weighted by molar-refractivity contribution is 5.47. The molecule has 0 aromatic carbocycles. The molecule has 7 nitrogen and oxygen atoms in total. The largest absolute Gasteiger partial charge is 0.389 e.